The lowest BCUT2D eigenvalue weighted by molar-refractivity contribution is -0.140. The minimum atomic E-state index is -0.913. The third-order valence-electron chi connectivity index (χ3n) is 2.98. The Kier molecular flexibility index (Phi) is 17.1. The van der Waals surface area contributed by atoms with Gasteiger partial charge in [-0.2, -0.15) is 0 Å². The maximum atomic E-state index is 10.3. The number of nitrogens with one attached hydrogen (secondary N) is 1. The minimum absolute atomic E-state index is 0.127. The Morgan fingerprint density at radius 3 is 1.41 bits per heavy atom. The average molecular weight is 394 g/mol. The van der Waals surface area contributed by atoms with Crippen LogP contribution in [-0.4, -0.2) is 56.9 Å². The highest BCUT2D eigenvalue weighted by molar-refractivity contribution is 5.73. The average Bonchev–Trinajstić information content (AvgIpc) is 2.46. The van der Waals surface area contributed by atoms with Gasteiger partial charge in [-0.15, -0.1) is 0 Å². The van der Waals surface area contributed by atoms with E-state index in [0.717, 1.165) is 6.42 Å². The number of carboxylic acids is 3. The molecule has 3 atom stereocenters. The maximum Gasteiger partial charge on any atom is 0.320 e. The fourth-order valence-corrected chi connectivity index (χ4v) is 1.75. The molecule has 27 heavy (non-hydrogen) atoms. The van der Waals surface area contributed by atoms with Crippen LogP contribution in [-0.2, 0) is 14.4 Å². The van der Waals surface area contributed by atoms with Gasteiger partial charge in [-0.1, -0.05) is 27.2 Å². The van der Waals surface area contributed by atoms with E-state index in [0.29, 0.717) is 18.8 Å². The largest absolute Gasteiger partial charge is 0.480 e. The zero-order valence-corrected chi connectivity index (χ0v) is 17.7. The van der Waals surface area contributed by atoms with Gasteiger partial charge in [0.1, 0.15) is 18.1 Å². The van der Waals surface area contributed by atoms with Crippen molar-refractivity contribution in [3.8, 4) is 0 Å². The van der Waals surface area contributed by atoms with E-state index in [9.17, 15) is 14.4 Å². The lowest BCUT2D eigenvalue weighted by Crippen LogP contribution is -2.45. The fourth-order valence-electron chi connectivity index (χ4n) is 1.75. The van der Waals surface area contributed by atoms with Crippen molar-refractivity contribution in [2.75, 3.05) is 0 Å². The van der Waals surface area contributed by atoms with Gasteiger partial charge >= 0.3 is 17.9 Å². The van der Waals surface area contributed by atoms with Crippen molar-refractivity contribution >= 4 is 17.9 Å². The van der Waals surface area contributed by atoms with Gasteiger partial charge in [0.05, 0.1) is 0 Å². The molecule has 0 aromatic rings. The molecule has 0 heterocycles. The van der Waals surface area contributed by atoms with Gasteiger partial charge in [0.15, 0.2) is 0 Å². The van der Waals surface area contributed by atoms with E-state index in [2.05, 4.69) is 5.32 Å². The first-order valence-electron chi connectivity index (χ1n) is 9.02. The van der Waals surface area contributed by atoms with Crippen molar-refractivity contribution < 1.29 is 29.7 Å². The lowest BCUT2D eigenvalue weighted by Gasteiger charge is -2.23. The third kappa shape index (κ3) is 24.3. The van der Waals surface area contributed by atoms with Crippen molar-refractivity contribution in [1.29, 1.82) is 0 Å². The van der Waals surface area contributed by atoms with E-state index >= 15 is 0 Å². The highest BCUT2D eigenvalue weighted by Gasteiger charge is 2.17. The van der Waals surface area contributed by atoms with Crippen LogP contribution in [0.25, 0.3) is 0 Å². The Hall–Kier alpha value is -1.71. The molecule has 0 saturated carbocycles. The SMILES string of the molecule is CC(C)CC(N)C(=O)O.CC(NC(C)(C)C)C(=O)O.CCCC(N)C(=O)O. The van der Waals surface area contributed by atoms with Crippen molar-refractivity contribution in [2.24, 2.45) is 17.4 Å². The summed E-state index contributed by atoms with van der Waals surface area (Å²) in [6, 6.07) is -1.83. The number of carbonyl (C=O) groups is 3. The Bertz CT molecular complexity index is 435. The number of nitrogens with two attached hydrogens (primary N) is 2. The van der Waals surface area contributed by atoms with Crippen LogP contribution < -0.4 is 16.8 Å². The lowest BCUT2D eigenvalue weighted by atomic mass is 10.1. The third-order valence-corrected chi connectivity index (χ3v) is 2.98. The van der Waals surface area contributed by atoms with E-state index in [-0.39, 0.29) is 5.54 Å². The molecule has 8 N–H and O–H groups in total. The molecule has 3 unspecified atom stereocenters. The van der Waals surface area contributed by atoms with Crippen LogP contribution in [0.15, 0.2) is 0 Å². The van der Waals surface area contributed by atoms with E-state index in [4.69, 9.17) is 26.8 Å². The summed E-state index contributed by atoms with van der Waals surface area (Å²) in [5.74, 6) is -2.28. The van der Waals surface area contributed by atoms with Crippen LogP contribution in [0, 0.1) is 5.92 Å². The summed E-state index contributed by atoms with van der Waals surface area (Å²) < 4.78 is 0. The molecule has 0 radical (unpaired) electrons. The van der Waals surface area contributed by atoms with Gasteiger partial charge in [0, 0.05) is 5.54 Å². The van der Waals surface area contributed by atoms with E-state index < -0.39 is 36.0 Å². The highest BCUT2D eigenvalue weighted by Crippen LogP contribution is 2.02. The second-order valence-electron chi connectivity index (χ2n) is 7.76. The summed E-state index contributed by atoms with van der Waals surface area (Å²) >= 11 is 0. The van der Waals surface area contributed by atoms with Gasteiger partial charge in [0.25, 0.3) is 0 Å². The summed E-state index contributed by atoms with van der Waals surface area (Å²) in [6.45, 7) is 13.2. The number of hydrogen-bond acceptors (Lipinski definition) is 6. The molecule has 9 heteroatoms. The van der Waals surface area contributed by atoms with Crippen molar-refractivity contribution in [2.45, 2.75) is 91.4 Å². The predicted molar refractivity (Wildman–Crippen MR) is 106 cm³/mol. The maximum absolute atomic E-state index is 10.3. The summed E-state index contributed by atoms with van der Waals surface area (Å²) in [5, 5.41) is 27.9. The topological polar surface area (TPSA) is 176 Å². The van der Waals surface area contributed by atoms with Crippen LogP contribution in [0.5, 0.6) is 0 Å². The first-order valence-corrected chi connectivity index (χ1v) is 9.02. The van der Waals surface area contributed by atoms with E-state index in [1.54, 1.807) is 6.92 Å². The molecular weight excluding hydrogens is 354 g/mol. The summed E-state index contributed by atoms with van der Waals surface area (Å²) in [5.41, 5.74) is 10.2. The monoisotopic (exact) mass is 393 g/mol. The van der Waals surface area contributed by atoms with Gasteiger partial charge < -0.3 is 26.8 Å². The van der Waals surface area contributed by atoms with Gasteiger partial charge in [-0.25, -0.2) is 0 Å². The molecule has 0 aliphatic carbocycles. The molecule has 0 amide bonds. The number of aliphatic carboxylic acids is 3. The number of rotatable bonds is 8. The molecular formula is C18H39N3O6. The number of hydrogen-bond donors (Lipinski definition) is 6. The van der Waals surface area contributed by atoms with Gasteiger partial charge in [-0.3, -0.25) is 19.7 Å². The Morgan fingerprint density at radius 2 is 1.30 bits per heavy atom. The van der Waals surface area contributed by atoms with Gasteiger partial charge in [-0.05, 0) is 46.5 Å². The van der Waals surface area contributed by atoms with Crippen molar-refractivity contribution in [3.63, 3.8) is 0 Å². The quantitative estimate of drug-likeness (QED) is 0.356. The summed E-state index contributed by atoms with van der Waals surface area (Å²) in [7, 11) is 0. The second kappa shape index (κ2) is 15.4. The molecule has 0 aromatic heterocycles. The molecule has 0 aliphatic heterocycles. The normalized spacial score (nSPS) is 14.0. The first-order chi connectivity index (χ1) is 12.0. The molecule has 9 nitrogen and oxygen atoms in total. The minimum Gasteiger partial charge on any atom is -0.480 e. The molecule has 0 saturated heterocycles. The smallest absolute Gasteiger partial charge is 0.320 e. The summed E-state index contributed by atoms with van der Waals surface area (Å²) in [6.07, 6.45) is 1.94. The van der Waals surface area contributed by atoms with Crippen LogP contribution in [0.3, 0.4) is 0 Å². The molecule has 0 aromatic carbocycles. The molecule has 0 spiro atoms. The molecule has 0 aliphatic rings. The van der Waals surface area contributed by atoms with Crippen LogP contribution in [0.4, 0.5) is 0 Å². The van der Waals surface area contributed by atoms with Crippen LogP contribution >= 0.6 is 0 Å². The van der Waals surface area contributed by atoms with E-state index in [1.807, 2.05) is 41.5 Å². The Balaban J connectivity index is -0.000000322. The Morgan fingerprint density at radius 1 is 0.889 bits per heavy atom. The number of carboxylic acid groups (broad SMARTS) is 3. The van der Waals surface area contributed by atoms with Crippen molar-refractivity contribution in [3.05, 3.63) is 0 Å². The van der Waals surface area contributed by atoms with Gasteiger partial charge in [0.2, 0.25) is 0 Å². The molecule has 0 rings (SSSR count). The molecule has 0 bridgehead atoms. The van der Waals surface area contributed by atoms with E-state index in [1.165, 1.54) is 0 Å². The second-order valence-corrected chi connectivity index (χ2v) is 7.76. The zero-order valence-electron chi connectivity index (χ0n) is 17.7. The zero-order chi connectivity index (χ0) is 22.4. The standard InChI is InChI=1S/C7H15NO2.C6H13NO2.C5H11NO2/c1-5(6(9)10)8-7(2,3)4;1-4(2)3-5(7)6(8)9;1-2-3-4(6)5(7)8/h5,8H,1-4H3,(H,9,10);4-5H,3,7H2,1-2H3,(H,8,9);4H,2-3,6H2,1H3,(H,7,8). The van der Waals surface area contributed by atoms with Crippen molar-refractivity contribution in [1.82, 2.24) is 5.32 Å². The van der Waals surface area contributed by atoms with Crippen LogP contribution in [0.2, 0.25) is 0 Å². The summed E-state index contributed by atoms with van der Waals surface area (Å²) in [4.78, 5) is 30.4. The van der Waals surface area contributed by atoms with Crippen LogP contribution in [0.1, 0.15) is 67.7 Å². The first kappa shape index (κ1) is 30.0. The highest BCUT2D eigenvalue weighted by atomic mass is 16.4. The predicted octanol–water partition coefficient (Wildman–Crippen LogP) is 1.49. The fraction of sp³-hybridized carbons (Fsp3) is 0.833. The Labute approximate surface area is 162 Å². The molecule has 0 fully saturated rings. The molecule has 162 valence electrons.